The fourth-order valence-electron chi connectivity index (χ4n) is 2.71. The van der Waals surface area contributed by atoms with Crippen LogP contribution < -0.4 is 10.1 Å². The third kappa shape index (κ3) is 2.91. The number of amides is 1. The fraction of sp³-hybridized carbons (Fsp3) is 0.278. The molecule has 23 heavy (non-hydrogen) atoms. The summed E-state index contributed by atoms with van der Waals surface area (Å²) in [7, 11) is 1.53. The van der Waals surface area contributed by atoms with Gasteiger partial charge in [-0.1, -0.05) is 23.7 Å². The summed E-state index contributed by atoms with van der Waals surface area (Å²) in [6.45, 7) is 1.87. The smallest absolute Gasteiger partial charge is 0.235 e. The third-order valence-electron chi connectivity index (χ3n) is 4.31. The predicted octanol–water partition coefficient (Wildman–Crippen LogP) is 4.47. The summed E-state index contributed by atoms with van der Waals surface area (Å²) >= 11 is 6.09. The molecule has 5 heteroatoms. The molecule has 0 aliphatic heterocycles. The van der Waals surface area contributed by atoms with Crippen molar-refractivity contribution in [2.45, 2.75) is 25.2 Å². The first-order valence-corrected chi connectivity index (χ1v) is 7.76. The molecule has 120 valence electrons. The molecule has 1 fully saturated rings. The second-order valence-corrected chi connectivity index (χ2v) is 6.25. The van der Waals surface area contributed by atoms with E-state index in [2.05, 4.69) is 5.32 Å². The van der Waals surface area contributed by atoms with Crippen LogP contribution in [0.15, 0.2) is 36.4 Å². The minimum absolute atomic E-state index is 0.107. The Morgan fingerprint density at radius 2 is 1.91 bits per heavy atom. The van der Waals surface area contributed by atoms with E-state index in [0.29, 0.717) is 16.5 Å². The number of nitrogens with one attached hydrogen (secondary N) is 1. The first-order valence-electron chi connectivity index (χ1n) is 7.38. The van der Waals surface area contributed by atoms with E-state index in [0.717, 1.165) is 24.0 Å². The zero-order valence-corrected chi connectivity index (χ0v) is 13.7. The lowest BCUT2D eigenvalue weighted by atomic mass is 9.95. The van der Waals surface area contributed by atoms with Gasteiger partial charge in [-0.25, -0.2) is 4.39 Å². The molecule has 1 N–H and O–H groups in total. The first kappa shape index (κ1) is 15.8. The highest BCUT2D eigenvalue weighted by Crippen LogP contribution is 2.49. The minimum Gasteiger partial charge on any atom is -0.495 e. The molecule has 1 aliphatic rings. The summed E-state index contributed by atoms with van der Waals surface area (Å²) in [6, 6.07) is 9.59. The van der Waals surface area contributed by atoms with Crippen LogP contribution in [0.4, 0.5) is 10.1 Å². The van der Waals surface area contributed by atoms with E-state index >= 15 is 0 Å². The molecule has 2 aromatic rings. The highest BCUT2D eigenvalue weighted by molar-refractivity contribution is 6.31. The number of benzene rings is 2. The predicted molar refractivity (Wildman–Crippen MR) is 88.7 cm³/mol. The molecule has 1 saturated carbocycles. The van der Waals surface area contributed by atoms with Crippen LogP contribution in [0.25, 0.3) is 0 Å². The van der Waals surface area contributed by atoms with Crippen molar-refractivity contribution in [1.29, 1.82) is 0 Å². The van der Waals surface area contributed by atoms with E-state index < -0.39 is 5.41 Å². The molecule has 0 atom stereocenters. The molecule has 0 unspecified atom stereocenters. The van der Waals surface area contributed by atoms with Crippen molar-refractivity contribution in [3.05, 3.63) is 58.4 Å². The Labute approximate surface area is 139 Å². The molecular formula is C18H17ClFNO2. The van der Waals surface area contributed by atoms with Gasteiger partial charge in [-0.2, -0.15) is 0 Å². The standard InChI is InChI=1S/C18H17ClFNO2/c1-11-9-15(16(23-2)10-14(11)19)21-17(22)18(7-8-18)12-3-5-13(20)6-4-12/h3-6,9-10H,7-8H2,1-2H3,(H,21,22). The van der Waals surface area contributed by atoms with E-state index in [1.54, 1.807) is 24.3 Å². The van der Waals surface area contributed by atoms with Gasteiger partial charge >= 0.3 is 0 Å². The number of hydrogen-bond donors (Lipinski definition) is 1. The number of rotatable bonds is 4. The van der Waals surface area contributed by atoms with Crippen molar-refractivity contribution in [3.63, 3.8) is 0 Å². The maximum atomic E-state index is 13.1. The zero-order chi connectivity index (χ0) is 16.6. The Kier molecular flexibility index (Phi) is 4.02. The van der Waals surface area contributed by atoms with Crippen LogP contribution >= 0.6 is 11.6 Å². The van der Waals surface area contributed by atoms with Crippen LogP contribution in [0.5, 0.6) is 5.75 Å². The number of ether oxygens (including phenoxy) is 1. The number of carbonyl (C=O) groups excluding carboxylic acids is 1. The highest BCUT2D eigenvalue weighted by Gasteiger charge is 2.51. The van der Waals surface area contributed by atoms with Gasteiger partial charge in [0.15, 0.2) is 0 Å². The number of carbonyl (C=O) groups is 1. The van der Waals surface area contributed by atoms with E-state index in [4.69, 9.17) is 16.3 Å². The molecule has 0 bridgehead atoms. The van der Waals surface area contributed by atoms with Crippen molar-refractivity contribution in [3.8, 4) is 5.75 Å². The second kappa shape index (κ2) is 5.85. The monoisotopic (exact) mass is 333 g/mol. The summed E-state index contributed by atoms with van der Waals surface area (Å²) in [5.41, 5.74) is 1.70. The first-order chi connectivity index (χ1) is 11.0. The quantitative estimate of drug-likeness (QED) is 0.896. The summed E-state index contributed by atoms with van der Waals surface area (Å²) in [6.07, 6.45) is 1.50. The van der Waals surface area contributed by atoms with Crippen molar-refractivity contribution >= 4 is 23.2 Å². The number of anilines is 1. The molecular weight excluding hydrogens is 317 g/mol. The van der Waals surface area contributed by atoms with Crippen molar-refractivity contribution in [2.24, 2.45) is 0 Å². The molecule has 3 nitrogen and oxygen atoms in total. The van der Waals surface area contributed by atoms with Crippen molar-refractivity contribution < 1.29 is 13.9 Å². The molecule has 3 rings (SSSR count). The molecule has 0 spiro atoms. The maximum Gasteiger partial charge on any atom is 0.235 e. The van der Waals surface area contributed by atoms with Crippen molar-refractivity contribution in [1.82, 2.24) is 0 Å². The lowest BCUT2D eigenvalue weighted by molar-refractivity contribution is -0.118. The molecule has 0 heterocycles. The lowest BCUT2D eigenvalue weighted by Gasteiger charge is -2.18. The largest absolute Gasteiger partial charge is 0.495 e. The topological polar surface area (TPSA) is 38.3 Å². The molecule has 0 radical (unpaired) electrons. The third-order valence-corrected chi connectivity index (χ3v) is 4.72. The van der Waals surface area contributed by atoms with Gasteiger partial charge in [-0.15, -0.1) is 0 Å². The minimum atomic E-state index is -0.577. The number of methoxy groups -OCH3 is 1. The number of hydrogen-bond acceptors (Lipinski definition) is 2. The van der Waals surface area contributed by atoms with Gasteiger partial charge in [0.25, 0.3) is 0 Å². The summed E-state index contributed by atoms with van der Waals surface area (Å²) < 4.78 is 18.4. The number of aryl methyl sites for hydroxylation is 1. The van der Waals surface area contributed by atoms with Gasteiger partial charge in [0.1, 0.15) is 11.6 Å². The van der Waals surface area contributed by atoms with Gasteiger partial charge < -0.3 is 10.1 Å². The fourth-order valence-corrected chi connectivity index (χ4v) is 2.87. The van der Waals surface area contributed by atoms with Gasteiger partial charge in [-0.05, 0) is 49.1 Å². The number of halogens is 2. The van der Waals surface area contributed by atoms with E-state index in [1.807, 2.05) is 6.92 Å². The Bertz CT molecular complexity index is 754. The highest BCUT2D eigenvalue weighted by atomic mass is 35.5. The van der Waals surface area contributed by atoms with Crippen LogP contribution in [-0.4, -0.2) is 13.0 Å². The molecule has 2 aromatic carbocycles. The molecule has 1 aliphatic carbocycles. The summed E-state index contributed by atoms with van der Waals surface area (Å²) in [5.74, 6) is 0.105. The van der Waals surface area contributed by atoms with E-state index in [1.165, 1.54) is 19.2 Å². The van der Waals surface area contributed by atoms with Crippen LogP contribution in [0.1, 0.15) is 24.0 Å². The summed E-state index contributed by atoms with van der Waals surface area (Å²) in [4.78, 5) is 12.8. The van der Waals surface area contributed by atoms with Crippen LogP contribution in [0, 0.1) is 12.7 Å². The van der Waals surface area contributed by atoms with Gasteiger partial charge in [0.2, 0.25) is 5.91 Å². The molecule has 1 amide bonds. The van der Waals surface area contributed by atoms with Crippen LogP contribution in [-0.2, 0) is 10.2 Å². The zero-order valence-electron chi connectivity index (χ0n) is 13.0. The SMILES string of the molecule is COc1cc(Cl)c(C)cc1NC(=O)C1(c2ccc(F)cc2)CC1. The van der Waals surface area contributed by atoms with Gasteiger partial charge in [0, 0.05) is 11.1 Å². The maximum absolute atomic E-state index is 13.1. The lowest BCUT2D eigenvalue weighted by Crippen LogP contribution is -2.28. The summed E-state index contributed by atoms with van der Waals surface area (Å²) in [5, 5.41) is 3.51. The van der Waals surface area contributed by atoms with Gasteiger partial charge in [0.05, 0.1) is 18.2 Å². The van der Waals surface area contributed by atoms with Crippen LogP contribution in [0.3, 0.4) is 0 Å². The van der Waals surface area contributed by atoms with Crippen LogP contribution in [0.2, 0.25) is 5.02 Å². The molecule has 0 saturated heterocycles. The van der Waals surface area contributed by atoms with Gasteiger partial charge in [-0.3, -0.25) is 4.79 Å². The Morgan fingerprint density at radius 1 is 1.26 bits per heavy atom. The Morgan fingerprint density at radius 3 is 2.48 bits per heavy atom. The average Bonchev–Trinajstić information content (AvgIpc) is 3.33. The van der Waals surface area contributed by atoms with E-state index in [-0.39, 0.29) is 11.7 Å². The Hall–Kier alpha value is -2.07. The van der Waals surface area contributed by atoms with Crippen molar-refractivity contribution in [2.75, 3.05) is 12.4 Å². The second-order valence-electron chi connectivity index (χ2n) is 5.84. The molecule has 0 aromatic heterocycles. The average molecular weight is 334 g/mol. The van der Waals surface area contributed by atoms with E-state index in [9.17, 15) is 9.18 Å². The normalized spacial score (nSPS) is 15.1. The Balaban J connectivity index is 1.87.